The van der Waals surface area contributed by atoms with Gasteiger partial charge >= 0.3 is 5.97 Å². The molecule has 0 aromatic rings. The monoisotopic (exact) mass is 146 g/mol. The molecule has 0 atom stereocenters. The number of aliphatic imine (C=N–C) groups is 1. The number of carboxylic acid groups (broad SMARTS) is 1. The fourth-order valence-electron chi connectivity index (χ4n) is 0.234. The van der Waals surface area contributed by atoms with Gasteiger partial charge in [0, 0.05) is 7.05 Å². The highest BCUT2D eigenvalue weighted by Crippen LogP contribution is 1.76. The molecule has 4 nitrogen and oxygen atoms in total. The summed E-state index contributed by atoms with van der Waals surface area (Å²) in [5.74, 6) is -0.800. The molecule has 4 heteroatoms. The molecular formula is C6H14N2O2. The van der Waals surface area contributed by atoms with Crippen LogP contribution in [0.15, 0.2) is 4.99 Å². The molecule has 0 aliphatic carbocycles. The molecule has 0 aliphatic heterocycles. The van der Waals surface area contributed by atoms with Gasteiger partial charge in [-0.1, -0.05) is 13.8 Å². The van der Waals surface area contributed by atoms with Crippen molar-refractivity contribution in [1.82, 2.24) is 0 Å². The fraction of sp³-hybridized carbons (Fsp3) is 0.667. The van der Waals surface area contributed by atoms with E-state index in [0.29, 0.717) is 0 Å². The van der Waals surface area contributed by atoms with Crippen LogP contribution >= 0.6 is 0 Å². The second-order valence-electron chi connectivity index (χ2n) is 1.29. The predicted molar refractivity (Wildman–Crippen MR) is 41.1 cm³/mol. The van der Waals surface area contributed by atoms with Crippen LogP contribution in [-0.4, -0.2) is 24.0 Å². The Morgan fingerprint density at radius 3 is 2.10 bits per heavy atom. The number of carbonyl (C=O) groups is 1. The molecule has 0 aromatic heterocycles. The van der Waals surface area contributed by atoms with Crippen molar-refractivity contribution in [2.45, 2.75) is 20.3 Å². The lowest BCUT2D eigenvalue weighted by atomic mass is 10.4. The number of hydrogen-bond donors (Lipinski definition) is 2. The van der Waals surface area contributed by atoms with Gasteiger partial charge in [0.1, 0.15) is 12.3 Å². The molecule has 0 radical (unpaired) electrons. The van der Waals surface area contributed by atoms with Gasteiger partial charge in [-0.05, 0) is 0 Å². The number of hydrogen-bond acceptors (Lipinski definition) is 2. The van der Waals surface area contributed by atoms with E-state index in [4.69, 9.17) is 10.8 Å². The van der Waals surface area contributed by atoms with Gasteiger partial charge in [0.25, 0.3) is 0 Å². The van der Waals surface area contributed by atoms with Crippen LogP contribution in [0, 0.1) is 0 Å². The molecule has 0 spiro atoms. The van der Waals surface area contributed by atoms with Crippen molar-refractivity contribution in [3.05, 3.63) is 0 Å². The van der Waals surface area contributed by atoms with Gasteiger partial charge in [-0.15, -0.1) is 0 Å². The summed E-state index contributed by atoms with van der Waals surface area (Å²) < 4.78 is 0. The Labute approximate surface area is 60.8 Å². The number of rotatable bonds is 2. The first kappa shape index (κ1) is 11.7. The van der Waals surface area contributed by atoms with Crippen molar-refractivity contribution < 1.29 is 9.90 Å². The minimum Gasteiger partial charge on any atom is -0.481 e. The molecule has 0 heterocycles. The van der Waals surface area contributed by atoms with E-state index in [1.807, 2.05) is 13.8 Å². The lowest BCUT2D eigenvalue weighted by molar-refractivity contribution is -0.135. The summed E-state index contributed by atoms with van der Waals surface area (Å²) in [5.41, 5.74) is 5.04. The lowest BCUT2D eigenvalue weighted by Crippen LogP contribution is -2.15. The highest BCUT2D eigenvalue weighted by Gasteiger charge is 1.97. The van der Waals surface area contributed by atoms with Crippen LogP contribution in [0.5, 0.6) is 0 Å². The normalized spacial score (nSPS) is 9.70. The van der Waals surface area contributed by atoms with E-state index >= 15 is 0 Å². The molecule has 0 bridgehead atoms. The maximum absolute atomic E-state index is 9.81. The molecule has 3 N–H and O–H groups in total. The van der Waals surface area contributed by atoms with Gasteiger partial charge in [0.15, 0.2) is 0 Å². The summed E-state index contributed by atoms with van der Waals surface area (Å²) >= 11 is 0. The maximum Gasteiger partial charge on any atom is 0.310 e. The SMILES string of the molecule is CC.CN=C(N)CC(=O)O. The third-order valence-corrected chi connectivity index (χ3v) is 0.620. The quantitative estimate of drug-likeness (QED) is 0.439. The molecule has 0 aromatic carbocycles. The number of carboxylic acids is 1. The van der Waals surface area contributed by atoms with Crippen LogP contribution in [-0.2, 0) is 4.79 Å². The molecular weight excluding hydrogens is 132 g/mol. The number of aliphatic carboxylic acids is 1. The van der Waals surface area contributed by atoms with E-state index in [1.165, 1.54) is 7.05 Å². The first-order valence-corrected chi connectivity index (χ1v) is 3.09. The summed E-state index contributed by atoms with van der Waals surface area (Å²) in [4.78, 5) is 13.2. The Kier molecular flexibility index (Phi) is 9.29. The number of nitrogens with zero attached hydrogens (tertiary/aromatic N) is 1. The standard InChI is InChI=1S/C4H8N2O2.C2H6/c1-6-3(5)2-4(7)8;1-2/h2H2,1H3,(H2,5,6)(H,7,8);1-2H3. The van der Waals surface area contributed by atoms with Crippen LogP contribution in [0.3, 0.4) is 0 Å². The molecule has 0 aliphatic rings. The first-order valence-electron chi connectivity index (χ1n) is 3.09. The average Bonchev–Trinajstić information content (AvgIpc) is 1.91. The van der Waals surface area contributed by atoms with Crippen molar-refractivity contribution in [2.24, 2.45) is 10.7 Å². The lowest BCUT2D eigenvalue weighted by Gasteiger charge is -1.89. The number of amidine groups is 1. The largest absolute Gasteiger partial charge is 0.481 e. The smallest absolute Gasteiger partial charge is 0.310 e. The van der Waals surface area contributed by atoms with Crippen molar-refractivity contribution in [1.29, 1.82) is 0 Å². The van der Waals surface area contributed by atoms with Crippen molar-refractivity contribution in [2.75, 3.05) is 7.05 Å². The fourth-order valence-corrected chi connectivity index (χ4v) is 0.234. The highest BCUT2D eigenvalue weighted by molar-refractivity contribution is 5.95. The summed E-state index contributed by atoms with van der Waals surface area (Å²) in [6.45, 7) is 4.00. The molecule has 0 saturated heterocycles. The van der Waals surface area contributed by atoms with E-state index in [9.17, 15) is 4.79 Å². The number of nitrogens with two attached hydrogens (primary N) is 1. The second-order valence-corrected chi connectivity index (χ2v) is 1.29. The van der Waals surface area contributed by atoms with Crippen molar-refractivity contribution >= 4 is 11.8 Å². The van der Waals surface area contributed by atoms with Gasteiger partial charge < -0.3 is 10.8 Å². The Morgan fingerprint density at radius 2 is 2.00 bits per heavy atom. The van der Waals surface area contributed by atoms with Crippen LogP contribution in [0.4, 0.5) is 0 Å². The zero-order valence-electron chi connectivity index (χ0n) is 6.59. The van der Waals surface area contributed by atoms with E-state index in [2.05, 4.69) is 4.99 Å². The Hall–Kier alpha value is -1.06. The van der Waals surface area contributed by atoms with E-state index in [1.54, 1.807) is 0 Å². The van der Waals surface area contributed by atoms with Crippen molar-refractivity contribution in [3.63, 3.8) is 0 Å². The highest BCUT2D eigenvalue weighted by atomic mass is 16.4. The molecule has 0 unspecified atom stereocenters. The average molecular weight is 146 g/mol. The topological polar surface area (TPSA) is 75.7 Å². The Balaban J connectivity index is 0. The molecule has 10 heavy (non-hydrogen) atoms. The zero-order valence-corrected chi connectivity index (χ0v) is 6.59. The summed E-state index contributed by atoms with van der Waals surface area (Å²) in [6, 6.07) is 0. The van der Waals surface area contributed by atoms with Crippen molar-refractivity contribution in [3.8, 4) is 0 Å². The predicted octanol–water partition coefficient (Wildman–Crippen LogP) is 0.474. The summed E-state index contributed by atoms with van der Waals surface area (Å²) in [6.07, 6.45) is -0.170. The van der Waals surface area contributed by atoms with Gasteiger partial charge in [-0.2, -0.15) is 0 Å². The van der Waals surface area contributed by atoms with Gasteiger partial charge in [0.05, 0.1) is 0 Å². The Bertz CT molecular complexity index is 121. The molecule has 0 rings (SSSR count). The van der Waals surface area contributed by atoms with Crippen LogP contribution in [0.2, 0.25) is 0 Å². The van der Waals surface area contributed by atoms with Gasteiger partial charge in [-0.3, -0.25) is 9.79 Å². The third kappa shape index (κ3) is 10.0. The van der Waals surface area contributed by atoms with Crippen LogP contribution in [0.25, 0.3) is 0 Å². The maximum atomic E-state index is 9.81. The zero-order chi connectivity index (χ0) is 8.57. The molecule has 0 saturated carbocycles. The first-order chi connectivity index (χ1) is 4.66. The minimum atomic E-state index is -0.951. The van der Waals surface area contributed by atoms with E-state index in [-0.39, 0.29) is 12.3 Å². The third-order valence-electron chi connectivity index (χ3n) is 0.620. The molecule has 0 fully saturated rings. The summed E-state index contributed by atoms with van der Waals surface area (Å²) in [5, 5.41) is 8.05. The van der Waals surface area contributed by atoms with Crippen LogP contribution < -0.4 is 5.73 Å². The summed E-state index contributed by atoms with van der Waals surface area (Å²) in [7, 11) is 1.46. The van der Waals surface area contributed by atoms with Crippen LogP contribution in [0.1, 0.15) is 20.3 Å². The minimum absolute atomic E-state index is 0.150. The van der Waals surface area contributed by atoms with Gasteiger partial charge in [0.2, 0.25) is 0 Å². The van der Waals surface area contributed by atoms with E-state index in [0.717, 1.165) is 0 Å². The second kappa shape index (κ2) is 7.94. The van der Waals surface area contributed by atoms with Gasteiger partial charge in [-0.25, -0.2) is 0 Å². The molecule has 0 amide bonds. The molecule has 60 valence electrons. The Morgan fingerprint density at radius 1 is 1.60 bits per heavy atom. The van der Waals surface area contributed by atoms with E-state index < -0.39 is 5.97 Å².